The van der Waals surface area contributed by atoms with E-state index in [-0.39, 0.29) is 58.3 Å². The number of rotatable bonds is 32. The van der Waals surface area contributed by atoms with E-state index in [1.807, 2.05) is 212 Å². The summed E-state index contributed by atoms with van der Waals surface area (Å²) >= 11 is 7.38. The van der Waals surface area contributed by atoms with Gasteiger partial charge in [-0.3, -0.25) is 38.4 Å². The molecule has 8 aromatic rings. The molecule has 7 aromatic carbocycles. The van der Waals surface area contributed by atoms with Gasteiger partial charge in [-0.2, -0.15) is 0 Å². The Labute approximate surface area is 628 Å². The number of carbonyl (C=O) groups excluding carboxylic acids is 8. The topological polar surface area (TPSA) is 185 Å². The summed E-state index contributed by atoms with van der Waals surface area (Å²) in [7, 11) is 0. The van der Waals surface area contributed by atoms with E-state index in [1.54, 1.807) is 72.9 Å². The van der Waals surface area contributed by atoms with Crippen molar-refractivity contribution in [2.45, 2.75) is 132 Å². The lowest BCUT2D eigenvalue weighted by molar-refractivity contribution is -0.120. The molecule has 0 radical (unpaired) electrons. The van der Waals surface area contributed by atoms with E-state index in [9.17, 15) is 42.7 Å². The highest BCUT2D eigenvalue weighted by Gasteiger charge is 2.16. The van der Waals surface area contributed by atoms with Crippen LogP contribution in [0.2, 0.25) is 5.02 Å². The van der Waals surface area contributed by atoms with Crippen molar-refractivity contribution in [3.63, 3.8) is 0 Å². The lowest BCUT2D eigenvalue weighted by atomic mass is 10.1. The molecule has 0 aliphatic rings. The minimum absolute atomic E-state index is 0.0467. The third kappa shape index (κ3) is 35.1. The molecule has 0 aliphatic carbocycles. The number of carbonyl (C=O) groups is 8. The molecule has 4 N–H and O–H groups in total. The first-order chi connectivity index (χ1) is 50.6. The summed E-state index contributed by atoms with van der Waals surface area (Å²) in [5, 5.41) is 13.4. The van der Waals surface area contributed by atoms with Gasteiger partial charge in [0.25, 0.3) is 0 Å². The predicted molar refractivity (Wildman–Crippen MR) is 432 cm³/mol. The molecule has 544 valence electrons. The molecule has 0 atom stereocenters. The molecule has 8 rings (SSSR count). The van der Waals surface area contributed by atoms with Crippen molar-refractivity contribution in [3.8, 4) is 0 Å². The Balaban J connectivity index is 0.000000252. The highest BCUT2D eigenvalue weighted by atomic mass is 35.5. The van der Waals surface area contributed by atoms with E-state index < -0.39 is 0 Å². The van der Waals surface area contributed by atoms with Crippen molar-refractivity contribution in [3.05, 3.63) is 317 Å². The van der Waals surface area contributed by atoms with Crippen molar-refractivity contribution < 1.29 is 42.7 Å². The van der Waals surface area contributed by atoms with Crippen molar-refractivity contribution >= 4 is 118 Å². The predicted octanol–water partition coefficient (Wildman–Crippen LogP) is 20.6. The van der Waals surface area contributed by atoms with Crippen LogP contribution in [0.4, 0.5) is 4.39 Å². The smallest absolute Gasteiger partial charge is 0.248 e. The van der Waals surface area contributed by atoms with Crippen molar-refractivity contribution in [2.24, 2.45) is 0 Å². The van der Waals surface area contributed by atoms with Gasteiger partial charge in [-0.25, -0.2) is 4.39 Å². The number of amides is 4. The van der Waals surface area contributed by atoms with E-state index in [1.165, 1.54) is 53.3 Å². The number of halogens is 2. The Bertz CT molecular complexity index is 4200. The Morgan fingerprint density at radius 2 is 0.600 bits per heavy atom. The maximum Gasteiger partial charge on any atom is 0.248 e. The van der Waals surface area contributed by atoms with E-state index in [4.69, 9.17) is 11.6 Å². The number of thiophene rings is 1. The molecule has 0 spiro atoms. The first-order valence-electron chi connectivity index (χ1n) is 35.4. The first-order valence-corrected chi connectivity index (χ1v) is 36.7. The molecule has 15 heteroatoms. The number of unbranched alkanes of at least 4 members (excludes halogenated alkanes) is 4. The first kappa shape index (κ1) is 84.6. The molecule has 4 amide bonds. The zero-order chi connectivity index (χ0) is 76.1. The third-order valence-electron chi connectivity index (χ3n) is 15.6. The number of nitrogens with one attached hydrogen (secondary N) is 4. The van der Waals surface area contributed by atoms with Crippen LogP contribution in [0.5, 0.6) is 0 Å². The van der Waals surface area contributed by atoms with E-state index >= 15 is 0 Å². The molecule has 1 heterocycles. The molecule has 0 aliphatic heterocycles. The number of Topliss-reactive ketones (excluding diaryl/α,β-unsaturated/α-hetero) is 4. The van der Waals surface area contributed by atoms with Crippen molar-refractivity contribution in [1.29, 1.82) is 0 Å². The van der Waals surface area contributed by atoms with Gasteiger partial charge in [-0.1, -0.05) is 245 Å². The standard InChI is InChI=1S/C24H27NO2.C23H24ClNO2.C23H25NO2.C20H20FNO2S/c1-4-5-6-23(26)22(17-21-13-9-19(3)10-14-21)25-24(27)16-15-20-11-7-18(2)8-12-20;1-3-4-5-22(26)21(16-19-8-6-17(2)7-9-19)25-23(27)15-12-18-10-13-20(24)14-11-18;1-3-4-10-22(25)21(17-20-13-11-18(2)12-14-20)24-23(26)16-15-19-8-6-5-7-9-19;1-2-3-6-19(23)18(14-15-7-9-16(21)10-8-15)22-20(24)12-11-17-5-4-13-25-17/h7-17H,4-6H2,1-3H3,(H,25,27);6-16H,3-5H2,1-2H3,(H,25,27);5-9,11-17H,3-4,10H2,1-2H3,(H,24,26);4-5,7-14H,2-3,6H2,1H3,(H,22,24)/b16-15+,22-17-;15-12+,21-16-;16-15+,21-17-;12-11+,18-14-. The average Bonchev–Trinajstić information content (AvgIpc) is 1.56. The van der Waals surface area contributed by atoms with Gasteiger partial charge in [0.15, 0.2) is 23.1 Å². The van der Waals surface area contributed by atoms with Crippen molar-refractivity contribution in [2.75, 3.05) is 0 Å². The number of hydrogen-bond donors (Lipinski definition) is 4. The Kier molecular flexibility index (Phi) is 38.7. The zero-order valence-electron chi connectivity index (χ0n) is 61.3. The van der Waals surface area contributed by atoms with E-state index in [0.717, 1.165) is 106 Å². The summed E-state index contributed by atoms with van der Waals surface area (Å²) in [5.41, 5.74) is 11.9. The molecule has 0 unspecified atom stereocenters. The Hall–Kier alpha value is -11.1. The molecule has 12 nitrogen and oxygen atoms in total. The second kappa shape index (κ2) is 48.0. The van der Waals surface area contributed by atoms with Crippen LogP contribution in [0.3, 0.4) is 0 Å². The van der Waals surface area contributed by atoms with Gasteiger partial charge in [0.05, 0.1) is 22.8 Å². The fraction of sp³-hybridized carbons (Fsp3) is 0.222. The van der Waals surface area contributed by atoms with Crippen LogP contribution in [0.25, 0.3) is 48.6 Å². The second-order valence-electron chi connectivity index (χ2n) is 24.8. The summed E-state index contributed by atoms with van der Waals surface area (Å²) in [6.45, 7) is 16.2. The number of hydrogen-bond acceptors (Lipinski definition) is 9. The van der Waals surface area contributed by atoms with Gasteiger partial charge in [0.1, 0.15) is 5.82 Å². The van der Waals surface area contributed by atoms with Gasteiger partial charge in [-0.15, -0.1) is 11.3 Å². The SMILES string of the molecule is CCCCC(=O)/C(=C/c1ccc(C)cc1)NC(=O)/C=C/c1ccc(C)cc1.CCCCC(=O)/C(=C/c1ccc(C)cc1)NC(=O)/C=C/c1ccc(Cl)cc1.CCCCC(=O)/C(=C/c1ccc(C)cc1)NC(=O)/C=C/c1ccccc1.CCCCC(=O)/C(=C/c1ccc(F)cc1)NC(=O)/C=C/c1cccs1. The van der Waals surface area contributed by atoms with Crippen LogP contribution in [-0.2, 0) is 38.4 Å². The molecule has 0 bridgehead atoms. The number of allylic oxidation sites excluding steroid dienone is 4. The quantitative estimate of drug-likeness (QED) is 0.0300. The van der Waals surface area contributed by atoms with Crippen LogP contribution < -0.4 is 21.3 Å². The average molecular weight is 1450 g/mol. The molecule has 105 heavy (non-hydrogen) atoms. The van der Waals surface area contributed by atoms with Gasteiger partial charge in [0, 0.05) is 59.9 Å². The molecule has 1 aromatic heterocycles. The number of aryl methyl sites for hydroxylation is 4. The molecule has 0 saturated carbocycles. The minimum atomic E-state index is -0.369. The van der Waals surface area contributed by atoms with Gasteiger partial charge in [0.2, 0.25) is 23.6 Å². The highest BCUT2D eigenvalue weighted by molar-refractivity contribution is 7.10. The number of benzene rings is 7. The minimum Gasteiger partial charge on any atom is -0.319 e. The second-order valence-corrected chi connectivity index (χ2v) is 26.2. The highest BCUT2D eigenvalue weighted by Crippen LogP contribution is 2.18. The van der Waals surface area contributed by atoms with Crippen LogP contribution >= 0.6 is 22.9 Å². The van der Waals surface area contributed by atoms with Gasteiger partial charge in [-0.05, 0) is 177 Å². The zero-order valence-corrected chi connectivity index (χ0v) is 62.9. The molecular weight excluding hydrogens is 1350 g/mol. The molecular formula is C90H96ClFN4O8S. The maximum atomic E-state index is 13.0. The van der Waals surface area contributed by atoms with Crippen LogP contribution in [-0.4, -0.2) is 46.8 Å². The summed E-state index contributed by atoms with van der Waals surface area (Å²) in [6, 6.07) is 57.7. The van der Waals surface area contributed by atoms with E-state index in [2.05, 4.69) is 21.3 Å². The fourth-order valence-corrected chi connectivity index (χ4v) is 10.2. The fourth-order valence-electron chi connectivity index (χ4n) is 9.42. The summed E-state index contributed by atoms with van der Waals surface area (Å²) in [6.07, 6.45) is 27.8. The Morgan fingerprint density at radius 3 is 0.886 bits per heavy atom. The van der Waals surface area contributed by atoms with E-state index in [0.29, 0.717) is 53.4 Å². The summed E-state index contributed by atoms with van der Waals surface area (Å²) in [4.78, 5) is 99.8. The largest absolute Gasteiger partial charge is 0.319 e. The van der Waals surface area contributed by atoms with Crippen LogP contribution in [0.1, 0.15) is 171 Å². The normalized spacial score (nSPS) is 11.6. The lowest BCUT2D eigenvalue weighted by Crippen LogP contribution is -2.25. The van der Waals surface area contributed by atoms with Gasteiger partial charge >= 0.3 is 0 Å². The van der Waals surface area contributed by atoms with Crippen molar-refractivity contribution in [1.82, 2.24) is 21.3 Å². The molecule has 0 fully saturated rings. The summed E-state index contributed by atoms with van der Waals surface area (Å²) < 4.78 is 13.0. The number of ketones is 4. The summed E-state index contributed by atoms with van der Waals surface area (Å²) in [5.74, 6) is -1.97. The van der Waals surface area contributed by atoms with Gasteiger partial charge < -0.3 is 21.3 Å². The van der Waals surface area contributed by atoms with Crippen LogP contribution in [0.15, 0.2) is 241 Å². The third-order valence-corrected chi connectivity index (χ3v) is 16.7. The maximum absolute atomic E-state index is 13.0. The van der Waals surface area contributed by atoms with Crippen LogP contribution in [0, 0.1) is 33.5 Å². The monoisotopic (exact) mass is 1450 g/mol. The molecule has 0 saturated heterocycles. The Morgan fingerprint density at radius 1 is 0.333 bits per heavy atom. The lowest BCUT2D eigenvalue weighted by Gasteiger charge is -2.08.